The van der Waals surface area contributed by atoms with E-state index in [-0.39, 0.29) is 23.7 Å². The Morgan fingerprint density at radius 3 is 2.53 bits per heavy atom. The second-order valence-corrected chi connectivity index (χ2v) is 5.36. The molecule has 0 heterocycles. The molecule has 1 amide bonds. The van der Waals surface area contributed by atoms with Crippen molar-refractivity contribution in [3.8, 4) is 0 Å². The quantitative estimate of drug-likeness (QED) is 0.295. The van der Waals surface area contributed by atoms with E-state index in [1.165, 1.54) is 0 Å². The minimum Gasteiger partial charge on any atom is -0.409 e. The molecule has 4 N–H and O–H groups in total. The molecule has 0 bridgehead atoms. The Kier molecular flexibility index (Phi) is 4.78. The van der Waals surface area contributed by atoms with Crippen LogP contribution in [0.5, 0.6) is 0 Å². The lowest BCUT2D eigenvalue weighted by Crippen LogP contribution is -2.43. The van der Waals surface area contributed by atoms with Crippen LogP contribution in [-0.4, -0.2) is 23.5 Å². The number of nitrogens with two attached hydrogens (primary N) is 1. The van der Waals surface area contributed by atoms with Gasteiger partial charge in [-0.2, -0.15) is 0 Å². The van der Waals surface area contributed by atoms with Gasteiger partial charge in [0.25, 0.3) is 0 Å². The Labute approximate surface area is 102 Å². The molecule has 1 aliphatic rings. The second kappa shape index (κ2) is 5.89. The third-order valence-electron chi connectivity index (χ3n) is 3.40. The molecule has 0 aromatic heterocycles. The van der Waals surface area contributed by atoms with E-state index < -0.39 is 0 Å². The van der Waals surface area contributed by atoms with Crippen molar-refractivity contribution in [2.24, 2.45) is 22.2 Å². The highest BCUT2D eigenvalue weighted by atomic mass is 16.4. The van der Waals surface area contributed by atoms with E-state index in [0.717, 1.165) is 32.1 Å². The minimum absolute atomic E-state index is 0.0380. The predicted molar refractivity (Wildman–Crippen MR) is 66.8 cm³/mol. The standard InChI is InChI=1S/C12H23N3O2/c1-9(2)7-12(5-3-4-6-12)11(16)14-8-10(13)15-17/h9,17H,3-8H2,1-2H3,(H2,13,15)(H,14,16). The lowest BCUT2D eigenvalue weighted by atomic mass is 9.77. The van der Waals surface area contributed by atoms with Gasteiger partial charge in [-0.3, -0.25) is 4.79 Å². The lowest BCUT2D eigenvalue weighted by Gasteiger charge is -2.29. The van der Waals surface area contributed by atoms with Crippen LogP contribution in [-0.2, 0) is 4.79 Å². The number of carbonyl (C=O) groups excluding carboxylic acids is 1. The Bertz CT molecular complexity index is 294. The van der Waals surface area contributed by atoms with E-state index in [0.29, 0.717) is 5.92 Å². The number of nitrogens with zero attached hydrogens (tertiary/aromatic N) is 1. The van der Waals surface area contributed by atoms with Crippen molar-refractivity contribution in [3.05, 3.63) is 0 Å². The molecule has 0 saturated heterocycles. The van der Waals surface area contributed by atoms with Gasteiger partial charge in [0.15, 0.2) is 5.84 Å². The number of amidine groups is 1. The van der Waals surface area contributed by atoms with E-state index in [1.807, 2.05) is 0 Å². The summed E-state index contributed by atoms with van der Waals surface area (Å²) in [7, 11) is 0. The molecule has 0 atom stereocenters. The molecular weight excluding hydrogens is 218 g/mol. The summed E-state index contributed by atoms with van der Waals surface area (Å²) in [6, 6.07) is 0. The van der Waals surface area contributed by atoms with Crippen molar-refractivity contribution in [2.45, 2.75) is 46.0 Å². The smallest absolute Gasteiger partial charge is 0.226 e. The monoisotopic (exact) mass is 241 g/mol. The summed E-state index contributed by atoms with van der Waals surface area (Å²) < 4.78 is 0. The molecule has 1 aliphatic carbocycles. The number of hydrogen-bond acceptors (Lipinski definition) is 3. The van der Waals surface area contributed by atoms with Gasteiger partial charge in [-0.05, 0) is 25.2 Å². The van der Waals surface area contributed by atoms with Crippen LogP contribution in [0.25, 0.3) is 0 Å². The average Bonchev–Trinajstić information content (AvgIpc) is 2.74. The van der Waals surface area contributed by atoms with Gasteiger partial charge in [0.2, 0.25) is 5.91 Å². The van der Waals surface area contributed by atoms with E-state index >= 15 is 0 Å². The van der Waals surface area contributed by atoms with Gasteiger partial charge in [0, 0.05) is 5.41 Å². The summed E-state index contributed by atoms with van der Waals surface area (Å²) in [5.74, 6) is 0.592. The fraction of sp³-hybridized carbons (Fsp3) is 0.833. The van der Waals surface area contributed by atoms with Crippen LogP contribution in [0.1, 0.15) is 46.0 Å². The molecule has 0 unspecified atom stereocenters. The fourth-order valence-corrected chi connectivity index (χ4v) is 2.75. The molecule has 5 heteroatoms. The Morgan fingerprint density at radius 1 is 1.47 bits per heavy atom. The first-order chi connectivity index (χ1) is 8.00. The zero-order chi connectivity index (χ0) is 12.9. The molecule has 1 rings (SSSR count). The van der Waals surface area contributed by atoms with Crippen LogP contribution in [0, 0.1) is 11.3 Å². The topological polar surface area (TPSA) is 87.7 Å². The van der Waals surface area contributed by atoms with Crippen molar-refractivity contribution < 1.29 is 10.0 Å². The van der Waals surface area contributed by atoms with Crippen LogP contribution >= 0.6 is 0 Å². The molecule has 0 spiro atoms. The van der Waals surface area contributed by atoms with Crippen molar-refractivity contribution in [1.82, 2.24) is 5.32 Å². The molecule has 0 aromatic carbocycles. The van der Waals surface area contributed by atoms with E-state index in [9.17, 15) is 4.79 Å². The largest absolute Gasteiger partial charge is 0.409 e. The zero-order valence-electron chi connectivity index (χ0n) is 10.7. The van der Waals surface area contributed by atoms with Crippen LogP contribution < -0.4 is 11.1 Å². The molecule has 0 aromatic rings. The molecule has 1 saturated carbocycles. The molecule has 17 heavy (non-hydrogen) atoms. The molecule has 98 valence electrons. The average molecular weight is 241 g/mol. The Balaban J connectivity index is 2.61. The summed E-state index contributed by atoms with van der Waals surface area (Å²) in [6.45, 7) is 4.39. The van der Waals surface area contributed by atoms with Crippen molar-refractivity contribution in [1.29, 1.82) is 0 Å². The first-order valence-electron chi connectivity index (χ1n) is 6.25. The van der Waals surface area contributed by atoms with Gasteiger partial charge >= 0.3 is 0 Å². The predicted octanol–water partition coefficient (Wildman–Crippen LogP) is 1.46. The Hall–Kier alpha value is -1.26. The van der Waals surface area contributed by atoms with E-state index in [4.69, 9.17) is 10.9 Å². The number of hydrogen-bond donors (Lipinski definition) is 3. The maximum absolute atomic E-state index is 12.2. The van der Waals surface area contributed by atoms with Crippen LogP contribution in [0.2, 0.25) is 0 Å². The lowest BCUT2D eigenvalue weighted by molar-refractivity contribution is -0.131. The fourth-order valence-electron chi connectivity index (χ4n) is 2.75. The zero-order valence-corrected chi connectivity index (χ0v) is 10.7. The van der Waals surface area contributed by atoms with Gasteiger partial charge in [0.05, 0.1) is 6.54 Å². The normalized spacial score (nSPS) is 19.6. The van der Waals surface area contributed by atoms with E-state index in [2.05, 4.69) is 24.3 Å². The maximum Gasteiger partial charge on any atom is 0.226 e. The highest BCUT2D eigenvalue weighted by molar-refractivity contribution is 5.89. The van der Waals surface area contributed by atoms with Crippen molar-refractivity contribution in [3.63, 3.8) is 0 Å². The van der Waals surface area contributed by atoms with Crippen LogP contribution in [0.4, 0.5) is 0 Å². The molecule has 0 aliphatic heterocycles. The molecular formula is C12H23N3O2. The third-order valence-corrected chi connectivity index (χ3v) is 3.40. The van der Waals surface area contributed by atoms with Gasteiger partial charge in [-0.15, -0.1) is 0 Å². The van der Waals surface area contributed by atoms with Gasteiger partial charge in [-0.1, -0.05) is 31.8 Å². The maximum atomic E-state index is 12.2. The number of amides is 1. The molecule has 0 radical (unpaired) electrons. The van der Waals surface area contributed by atoms with E-state index in [1.54, 1.807) is 0 Å². The highest BCUT2D eigenvalue weighted by Gasteiger charge is 2.41. The van der Waals surface area contributed by atoms with Gasteiger partial charge in [-0.25, -0.2) is 0 Å². The number of rotatable bonds is 5. The third kappa shape index (κ3) is 3.61. The number of carbonyl (C=O) groups is 1. The SMILES string of the molecule is CC(C)CC1(C(=O)NCC(N)=NO)CCCC1. The summed E-state index contributed by atoms with van der Waals surface area (Å²) in [4.78, 5) is 12.2. The first-order valence-corrected chi connectivity index (χ1v) is 6.25. The first kappa shape index (κ1) is 13.8. The van der Waals surface area contributed by atoms with Crippen LogP contribution in [0.15, 0.2) is 5.16 Å². The van der Waals surface area contributed by atoms with Gasteiger partial charge in [0.1, 0.15) is 0 Å². The molecule has 1 fully saturated rings. The number of nitrogens with one attached hydrogen (secondary N) is 1. The summed E-state index contributed by atoms with van der Waals surface area (Å²) in [5.41, 5.74) is 5.12. The summed E-state index contributed by atoms with van der Waals surface area (Å²) >= 11 is 0. The van der Waals surface area contributed by atoms with Gasteiger partial charge < -0.3 is 16.3 Å². The summed E-state index contributed by atoms with van der Waals surface area (Å²) in [5, 5.41) is 14.1. The summed E-state index contributed by atoms with van der Waals surface area (Å²) in [6.07, 6.45) is 5.04. The van der Waals surface area contributed by atoms with Crippen LogP contribution in [0.3, 0.4) is 0 Å². The second-order valence-electron chi connectivity index (χ2n) is 5.36. The number of oxime groups is 1. The van der Waals surface area contributed by atoms with Crippen molar-refractivity contribution >= 4 is 11.7 Å². The minimum atomic E-state index is -0.232. The van der Waals surface area contributed by atoms with Crippen molar-refractivity contribution in [2.75, 3.05) is 6.54 Å². The molecule has 5 nitrogen and oxygen atoms in total. The Morgan fingerprint density at radius 2 is 2.06 bits per heavy atom. The highest BCUT2D eigenvalue weighted by Crippen LogP contribution is 2.43.